The zero-order valence-electron chi connectivity index (χ0n) is 19.9. The van der Waals surface area contributed by atoms with Gasteiger partial charge < -0.3 is 21.0 Å². The lowest BCUT2D eigenvalue weighted by molar-refractivity contribution is -0.814. The number of β-lactam (4-membered cyclic amide) rings is 1. The van der Waals surface area contributed by atoms with Crippen LogP contribution in [0.4, 0.5) is 5.13 Å². The van der Waals surface area contributed by atoms with Crippen molar-refractivity contribution in [2.75, 3.05) is 32.2 Å². The van der Waals surface area contributed by atoms with Crippen LogP contribution >= 0.6 is 23.1 Å². The van der Waals surface area contributed by atoms with Gasteiger partial charge in [-0.15, -0.1) is 23.1 Å². The molecule has 3 atom stereocenters. The minimum absolute atomic E-state index is 0.0184. The Hall–Kier alpha value is -3.16. The average Bonchev–Trinajstić information content (AvgIpc) is 3.43. The summed E-state index contributed by atoms with van der Waals surface area (Å²) in [6.45, 7) is 0.493. The molecule has 4 aliphatic rings. The molecule has 0 spiro atoms. The molecule has 0 radical (unpaired) electrons. The molecule has 190 valence electrons. The minimum atomic E-state index is -1.14. The van der Waals surface area contributed by atoms with Crippen molar-refractivity contribution in [3.05, 3.63) is 45.9 Å². The van der Waals surface area contributed by atoms with E-state index >= 15 is 0 Å². The molecule has 11 nitrogen and oxygen atoms in total. The molecule has 1 saturated heterocycles. The van der Waals surface area contributed by atoms with Gasteiger partial charge in [0.25, 0.3) is 11.8 Å². The Bertz CT molecular complexity index is 1270. The smallest absolute Gasteiger partial charge is 0.352 e. The predicted molar refractivity (Wildman–Crippen MR) is 135 cm³/mol. The number of thioether (sulfide) groups is 1. The summed E-state index contributed by atoms with van der Waals surface area (Å²) in [5.74, 6) is -1.80. The van der Waals surface area contributed by atoms with Gasteiger partial charge in [0.2, 0.25) is 0 Å². The van der Waals surface area contributed by atoms with Crippen LogP contribution in [0.25, 0.3) is 0 Å². The number of nitrogens with two attached hydrogens (primary N) is 1. The van der Waals surface area contributed by atoms with E-state index in [0.717, 1.165) is 30.6 Å². The predicted octanol–water partition coefficient (Wildman–Crippen LogP) is 1.62. The van der Waals surface area contributed by atoms with E-state index in [9.17, 15) is 19.5 Å². The first-order valence-corrected chi connectivity index (χ1v) is 13.5. The first-order valence-electron chi connectivity index (χ1n) is 11.5. The van der Waals surface area contributed by atoms with Crippen molar-refractivity contribution in [2.45, 2.75) is 37.1 Å². The number of nitrogens with zero attached hydrogens (tertiary/aromatic N) is 4. The number of thiazole rings is 1. The Morgan fingerprint density at radius 2 is 2.17 bits per heavy atom. The molecule has 1 aromatic rings. The van der Waals surface area contributed by atoms with Crippen molar-refractivity contribution >= 4 is 51.7 Å². The number of nitrogen functional groups attached to an aromatic ring is 1. The second kappa shape index (κ2) is 9.37. The fourth-order valence-corrected chi connectivity index (χ4v) is 7.15. The number of likely N-dealkylation sites (N-methyl/N-ethyl adjacent to an activating group) is 1. The number of carboxylic acids is 1. The molecule has 1 unspecified atom stereocenters. The number of hydrogen-bond donors (Lipinski definition) is 3. The van der Waals surface area contributed by atoms with Crippen LogP contribution in [0.5, 0.6) is 0 Å². The number of hydrogen-bond acceptors (Lipinski definition) is 9. The molecule has 0 saturated carbocycles. The number of rotatable bonds is 7. The highest BCUT2D eigenvalue weighted by atomic mass is 32.2. The lowest BCUT2D eigenvalue weighted by Gasteiger charge is -2.49. The lowest BCUT2D eigenvalue weighted by Crippen LogP contribution is -2.71. The highest BCUT2D eigenvalue weighted by molar-refractivity contribution is 8.00. The van der Waals surface area contributed by atoms with Gasteiger partial charge in [-0.3, -0.25) is 19.0 Å². The second-order valence-electron chi connectivity index (χ2n) is 9.23. The molecule has 2 amide bonds. The zero-order chi connectivity index (χ0) is 25.6. The number of quaternary nitrogens is 1. The summed E-state index contributed by atoms with van der Waals surface area (Å²) < 4.78 is 0.544. The van der Waals surface area contributed by atoms with E-state index in [4.69, 9.17) is 10.6 Å². The van der Waals surface area contributed by atoms with E-state index < -0.39 is 29.2 Å². The van der Waals surface area contributed by atoms with E-state index in [2.05, 4.69) is 34.8 Å². The summed E-state index contributed by atoms with van der Waals surface area (Å²) in [5.41, 5.74) is 9.21. The normalized spacial score (nSPS) is 27.6. The Morgan fingerprint density at radius 1 is 1.39 bits per heavy atom. The summed E-state index contributed by atoms with van der Waals surface area (Å²) in [7, 11) is 3.39. The van der Waals surface area contributed by atoms with Crippen LogP contribution in [0.3, 0.4) is 0 Å². The fourth-order valence-electron chi connectivity index (χ4n) is 5.27. The van der Waals surface area contributed by atoms with Crippen LogP contribution in [0.1, 0.15) is 31.4 Å². The number of anilines is 1. The van der Waals surface area contributed by atoms with E-state index in [-0.39, 0.29) is 22.2 Å². The van der Waals surface area contributed by atoms with Gasteiger partial charge in [-0.05, 0) is 19.3 Å². The van der Waals surface area contributed by atoms with Gasteiger partial charge in [-0.2, -0.15) is 0 Å². The van der Waals surface area contributed by atoms with Crippen molar-refractivity contribution in [3.63, 3.8) is 0 Å². The number of oxime groups is 1. The molecular weight excluding hydrogens is 504 g/mol. The maximum absolute atomic E-state index is 13.1. The van der Waals surface area contributed by atoms with Crippen LogP contribution in [0.2, 0.25) is 0 Å². The Kier molecular flexibility index (Phi) is 6.39. The number of carboxylic acid groups (broad SMARTS) is 1. The maximum Gasteiger partial charge on any atom is 0.352 e. The number of nitrogens with one attached hydrogen (secondary N) is 1. The molecule has 0 aromatic carbocycles. The molecule has 1 aliphatic carbocycles. The van der Waals surface area contributed by atoms with E-state index in [1.54, 1.807) is 5.38 Å². The summed E-state index contributed by atoms with van der Waals surface area (Å²) in [6, 6.07) is -0.888. The molecular formula is C23H27N6O5S2+. The van der Waals surface area contributed by atoms with E-state index in [1.165, 1.54) is 41.5 Å². The fraction of sp³-hybridized carbons (Fsp3) is 0.435. The highest BCUT2D eigenvalue weighted by Gasteiger charge is 2.55. The van der Waals surface area contributed by atoms with Crippen molar-refractivity contribution in [3.8, 4) is 0 Å². The number of amides is 2. The van der Waals surface area contributed by atoms with Gasteiger partial charge in [-0.25, -0.2) is 9.78 Å². The van der Waals surface area contributed by atoms with E-state index in [0.29, 0.717) is 22.4 Å². The summed E-state index contributed by atoms with van der Waals surface area (Å²) in [4.78, 5) is 48.5. The van der Waals surface area contributed by atoms with Crippen molar-refractivity contribution in [1.82, 2.24) is 15.2 Å². The molecule has 1 aromatic heterocycles. The van der Waals surface area contributed by atoms with E-state index in [1.807, 2.05) is 0 Å². The Labute approximate surface area is 215 Å². The van der Waals surface area contributed by atoms with Gasteiger partial charge in [0.05, 0.1) is 7.05 Å². The number of aromatic nitrogens is 1. The Morgan fingerprint density at radius 3 is 2.86 bits per heavy atom. The molecule has 5 rings (SSSR count). The number of allylic oxidation sites excluding steroid dienone is 3. The summed E-state index contributed by atoms with van der Waals surface area (Å²) in [5, 5.41) is 17.8. The quantitative estimate of drug-likeness (QED) is 0.208. The summed E-state index contributed by atoms with van der Waals surface area (Å²) in [6.07, 6.45) is 8.63. The SMILES string of the molecule is CO/N=C(\C(=O)N[C@@H]1C(=O)N2C(C(=O)O)=C(C[N+]3(C)C=CC4=C3CCCC4)CS[C@H]12)c1csc(N)n1. The van der Waals surface area contributed by atoms with Crippen LogP contribution < -0.4 is 11.1 Å². The number of aliphatic carboxylic acids is 1. The Balaban J connectivity index is 1.35. The molecule has 3 aliphatic heterocycles. The van der Waals surface area contributed by atoms with Crippen molar-refractivity contribution < 1.29 is 28.8 Å². The first-order chi connectivity index (χ1) is 17.2. The first kappa shape index (κ1) is 24.5. The third-order valence-electron chi connectivity index (χ3n) is 6.92. The van der Waals surface area contributed by atoms with Gasteiger partial charge in [0.15, 0.2) is 10.8 Å². The zero-order valence-corrected chi connectivity index (χ0v) is 21.5. The lowest BCUT2D eigenvalue weighted by atomic mass is 9.96. The van der Waals surface area contributed by atoms with Gasteiger partial charge >= 0.3 is 5.97 Å². The van der Waals surface area contributed by atoms with Crippen LogP contribution in [0.15, 0.2) is 45.4 Å². The minimum Gasteiger partial charge on any atom is -0.477 e. The number of fused-ring (bicyclic) bond motifs is 1. The molecule has 0 bridgehead atoms. The van der Waals surface area contributed by atoms with Crippen LogP contribution in [-0.2, 0) is 19.2 Å². The molecule has 13 heteroatoms. The largest absolute Gasteiger partial charge is 0.477 e. The van der Waals surface area contributed by atoms with Gasteiger partial charge in [0, 0.05) is 34.8 Å². The monoisotopic (exact) mass is 531 g/mol. The standard InChI is InChI=1S/C23H26N6O5S2/c1-29(8-7-12-5-3-4-6-15(12)29)9-13-10-35-21-17(20(31)28(21)18(13)22(32)33)26-19(30)16(27-34-2)14-11-36-23(24)25-14/h7-8,11,17,21H,3-6,9-10H2,1-2H3,(H3-,24,25,26,30,32,33)/p+1/b27-16-/t17-,21-,29?/m1/s1. The average molecular weight is 532 g/mol. The molecule has 4 heterocycles. The van der Waals surface area contributed by atoms with Crippen LogP contribution in [-0.4, -0.2) is 80.8 Å². The number of carbonyl (C=O) groups excluding carboxylic acids is 2. The van der Waals surface area contributed by atoms with Gasteiger partial charge in [-0.1, -0.05) is 5.16 Å². The van der Waals surface area contributed by atoms with Crippen molar-refractivity contribution in [1.29, 1.82) is 0 Å². The second-order valence-corrected chi connectivity index (χ2v) is 11.2. The summed E-state index contributed by atoms with van der Waals surface area (Å²) >= 11 is 2.59. The highest BCUT2D eigenvalue weighted by Crippen LogP contribution is 2.43. The number of carbonyl (C=O) groups is 3. The molecule has 36 heavy (non-hydrogen) atoms. The topological polar surface area (TPSA) is 147 Å². The maximum atomic E-state index is 13.1. The third kappa shape index (κ3) is 4.10. The molecule has 4 N–H and O–H groups in total. The van der Waals surface area contributed by atoms with Crippen LogP contribution in [0, 0.1) is 0 Å². The molecule has 1 fully saturated rings. The van der Waals surface area contributed by atoms with Crippen molar-refractivity contribution in [2.24, 2.45) is 5.16 Å². The van der Waals surface area contributed by atoms with Gasteiger partial charge in [0.1, 0.15) is 48.4 Å². The third-order valence-corrected chi connectivity index (χ3v) is 8.93.